The van der Waals surface area contributed by atoms with Gasteiger partial charge in [-0.25, -0.2) is 0 Å². The first kappa shape index (κ1) is 6.16. The summed E-state index contributed by atoms with van der Waals surface area (Å²) in [4.78, 5) is 13.0. The molecule has 0 aliphatic carbocycles. The first-order valence-electron chi connectivity index (χ1n) is 3.75. The Hall–Kier alpha value is -0.570. The summed E-state index contributed by atoms with van der Waals surface area (Å²) >= 11 is 0. The Morgan fingerprint density at radius 1 is 1.70 bits per heavy atom. The molecule has 10 heavy (non-hydrogen) atoms. The third-order valence-corrected chi connectivity index (χ3v) is 2.51. The van der Waals surface area contributed by atoms with E-state index in [9.17, 15) is 4.79 Å². The van der Waals surface area contributed by atoms with Gasteiger partial charge in [0, 0.05) is 13.6 Å². The number of likely N-dealkylation sites (tertiary alicyclic amines) is 1. The van der Waals surface area contributed by atoms with Crippen LogP contribution in [-0.2, 0) is 4.79 Å². The number of amides is 1. The Morgan fingerprint density at radius 2 is 2.50 bits per heavy atom. The van der Waals surface area contributed by atoms with Gasteiger partial charge in [0.15, 0.2) is 0 Å². The standard InChI is InChI=1S/C7H12N2O/c1-9-5-7(6(9)10)3-2-4-8-7/h8H,2-5H2,1H3. The summed E-state index contributed by atoms with van der Waals surface area (Å²) in [6, 6.07) is 0. The van der Waals surface area contributed by atoms with Crippen molar-refractivity contribution in [2.75, 3.05) is 20.1 Å². The molecule has 2 rings (SSSR count). The van der Waals surface area contributed by atoms with Gasteiger partial charge in [0.2, 0.25) is 5.91 Å². The van der Waals surface area contributed by atoms with Crippen LogP contribution in [0.3, 0.4) is 0 Å². The van der Waals surface area contributed by atoms with Gasteiger partial charge in [0.1, 0.15) is 5.54 Å². The van der Waals surface area contributed by atoms with E-state index in [2.05, 4.69) is 5.32 Å². The minimum atomic E-state index is -0.116. The molecule has 0 aromatic rings. The summed E-state index contributed by atoms with van der Waals surface area (Å²) in [7, 11) is 1.85. The molecular weight excluding hydrogens is 128 g/mol. The fraction of sp³-hybridized carbons (Fsp3) is 0.857. The molecule has 1 N–H and O–H groups in total. The maximum Gasteiger partial charge on any atom is 0.244 e. The molecule has 0 aromatic heterocycles. The van der Waals surface area contributed by atoms with Crippen molar-refractivity contribution in [1.82, 2.24) is 10.2 Å². The highest BCUT2D eigenvalue weighted by Gasteiger charge is 2.51. The molecule has 0 radical (unpaired) electrons. The lowest BCUT2D eigenvalue weighted by atomic mass is 9.88. The molecular formula is C7H12N2O. The van der Waals surface area contributed by atoms with Crippen LogP contribution in [0.4, 0.5) is 0 Å². The maximum atomic E-state index is 11.2. The van der Waals surface area contributed by atoms with Gasteiger partial charge in [0.25, 0.3) is 0 Å². The molecule has 56 valence electrons. The summed E-state index contributed by atoms with van der Waals surface area (Å²) in [5, 5.41) is 3.26. The van der Waals surface area contributed by atoms with Crippen molar-refractivity contribution in [3.8, 4) is 0 Å². The summed E-state index contributed by atoms with van der Waals surface area (Å²) in [5.41, 5.74) is -0.116. The molecule has 2 heterocycles. The van der Waals surface area contributed by atoms with Crippen LogP contribution in [0.15, 0.2) is 0 Å². The maximum absolute atomic E-state index is 11.2. The van der Waals surface area contributed by atoms with Crippen molar-refractivity contribution in [3.63, 3.8) is 0 Å². The lowest BCUT2D eigenvalue weighted by Gasteiger charge is -2.44. The first-order chi connectivity index (χ1) is 4.75. The van der Waals surface area contributed by atoms with Crippen LogP contribution in [-0.4, -0.2) is 36.5 Å². The monoisotopic (exact) mass is 140 g/mol. The summed E-state index contributed by atoms with van der Waals surface area (Å²) in [6.07, 6.45) is 2.19. The highest BCUT2D eigenvalue weighted by Crippen LogP contribution is 2.29. The molecule has 2 saturated heterocycles. The molecule has 0 aromatic carbocycles. The van der Waals surface area contributed by atoms with Crippen LogP contribution in [0.25, 0.3) is 0 Å². The second-order valence-corrected chi connectivity index (χ2v) is 3.27. The van der Waals surface area contributed by atoms with Crippen molar-refractivity contribution in [2.45, 2.75) is 18.4 Å². The van der Waals surface area contributed by atoms with Crippen LogP contribution < -0.4 is 5.32 Å². The number of hydrogen-bond donors (Lipinski definition) is 1. The molecule has 1 unspecified atom stereocenters. The van der Waals surface area contributed by atoms with E-state index in [0.29, 0.717) is 0 Å². The number of nitrogens with zero attached hydrogens (tertiary/aromatic N) is 1. The summed E-state index contributed by atoms with van der Waals surface area (Å²) < 4.78 is 0. The van der Waals surface area contributed by atoms with E-state index in [4.69, 9.17) is 0 Å². The second-order valence-electron chi connectivity index (χ2n) is 3.27. The molecule has 0 bridgehead atoms. The van der Waals surface area contributed by atoms with Gasteiger partial charge in [-0.1, -0.05) is 0 Å². The molecule has 0 saturated carbocycles. The highest BCUT2D eigenvalue weighted by atomic mass is 16.2. The normalized spacial score (nSPS) is 38.9. The molecule has 1 amide bonds. The molecule has 3 nitrogen and oxygen atoms in total. The minimum absolute atomic E-state index is 0.116. The smallest absolute Gasteiger partial charge is 0.244 e. The van der Waals surface area contributed by atoms with Gasteiger partial charge in [0.05, 0.1) is 0 Å². The van der Waals surface area contributed by atoms with Crippen LogP contribution in [0.5, 0.6) is 0 Å². The van der Waals surface area contributed by atoms with Crippen molar-refractivity contribution < 1.29 is 4.79 Å². The van der Waals surface area contributed by atoms with Gasteiger partial charge in [-0.3, -0.25) is 4.79 Å². The predicted octanol–water partition coefficient (Wildman–Crippen LogP) is -0.419. The van der Waals surface area contributed by atoms with Crippen LogP contribution in [0.1, 0.15) is 12.8 Å². The molecule has 2 aliphatic rings. The fourth-order valence-electron chi connectivity index (χ4n) is 1.94. The number of rotatable bonds is 0. The minimum Gasteiger partial charge on any atom is -0.342 e. The van der Waals surface area contributed by atoms with E-state index in [1.807, 2.05) is 7.05 Å². The Bertz CT molecular complexity index is 172. The van der Waals surface area contributed by atoms with Gasteiger partial charge in [-0.2, -0.15) is 0 Å². The number of hydrogen-bond acceptors (Lipinski definition) is 2. The Kier molecular flexibility index (Phi) is 1.06. The Morgan fingerprint density at radius 3 is 2.90 bits per heavy atom. The number of β-lactam (4-membered cyclic amide) rings is 1. The third kappa shape index (κ3) is 0.560. The summed E-state index contributed by atoms with van der Waals surface area (Å²) in [6.45, 7) is 1.92. The average molecular weight is 140 g/mol. The quantitative estimate of drug-likeness (QED) is 0.463. The summed E-state index contributed by atoms with van der Waals surface area (Å²) in [5.74, 6) is 0.282. The number of carbonyl (C=O) groups is 1. The van der Waals surface area contributed by atoms with Crippen molar-refractivity contribution in [3.05, 3.63) is 0 Å². The van der Waals surface area contributed by atoms with Crippen molar-refractivity contribution >= 4 is 5.91 Å². The van der Waals surface area contributed by atoms with E-state index in [1.165, 1.54) is 0 Å². The van der Waals surface area contributed by atoms with E-state index in [-0.39, 0.29) is 11.4 Å². The van der Waals surface area contributed by atoms with Crippen molar-refractivity contribution in [1.29, 1.82) is 0 Å². The Labute approximate surface area is 60.4 Å². The van der Waals surface area contributed by atoms with Crippen LogP contribution >= 0.6 is 0 Å². The molecule has 2 aliphatic heterocycles. The predicted molar refractivity (Wildman–Crippen MR) is 37.6 cm³/mol. The van der Waals surface area contributed by atoms with E-state index in [1.54, 1.807) is 4.90 Å². The SMILES string of the molecule is CN1CC2(CCCN2)C1=O. The molecule has 1 atom stereocenters. The number of nitrogens with one attached hydrogen (secondary N) is 1. The topological polar surface area (TPSA) is 32.3 Å². The average Bonchev–Trinajstić information content (AvgIpc) is 2.38. The zero-order chi connectivity index (χ0) is 7.19. The van der Waals surface area contributed by atoms with Gasteiger partial charge < -0.3 is 10.2 Å². The van der Waals surface area contributed by atoms with Crippen LogP contribution in [0.2, 0.25) is 0 Å². The second kappa shape index (κ2) is 1.72. The molecule has 2 fully saturated rings. The van der Waals surface area contributed by atoms with Crippen LogP contribution in [0, 0.1) is 0 Å². The van der Waals surface area contributed by atoms with E-state index >= 15 is 0 Å². The first-order valence-corrected chi connectivity index (χ1v) is 3.75. The largest absolute Gasteiger partial charge is 0.342 e. The molecule has 1 spiro atoms. The lowest BCUT2D eigenvalue weighted by Crippen LogP contribution is -2.69. The van der Waals surface area contributed by atoms with Gasteiger partial charge in [-0.15, -0.1) is 0 Å². The zero-order valence-electron chi connectivity index (χ0n) is 6.18. The number of carbonyl (C=O) groups excluding carboxylic acids is 1. The Balaban J connectivity index is 2.12. The fourth-order valence-corrected chi connectivity index (χ4v) is 1.94. The number of likely N-dealkylation sites (N-methyl/N-ethyl adjacent to an activating group) is 1. The van der Waals surface area contributed by atoms with Crippen molar-refractivity contribution in [2.24, 2.45) is 0 Å². The third-order valence-electron chi connectivity index (χ3n) is 2.51. The van der Waals surface area contributed by atoms with E-state index < -0.39 is 0 Å². The zero-order valence-corrected chi connectivity index (χ0v) is 6.18. The van der Waals surface area contributed by atoms with Gasteiger partial charge >= 0.3 is 0 Å². The lowest BCUT2D eigenvalue weighted by molar-refractivity contribution is -0.149. The molecule has 3 heteroatoms. The van der Waals surface area contributed by atoms with Gasteiger partial charge in [-0.05, 0) is 19.4 Å². The van der Waals surface area contributed by atoms with E-state index in [0.717, 1.165) is 25.9 Å². The highest BCUT2D eigenvalue weighted by molar-refractivity contribution is 5.92.